The Bertz CT molecular complexity index is 932. The van der Waals surface area contributed by atoms with Gasteiger partial charge in [-0.3, -0.25) is 14.8 Å². The van der Waals surface area contributed by atoms with Crippen molar-refractivity contribution in [2.75, 3.05) is 5.32 Å². The van der Waals surface area contributed by atoms with E-state index in [-0.39, 0.29) is 5.69 Å². The quantitative estimate of drug-likeness (QED) is 0.606. The SMILES string of the molecule is Cc1cc(Nc2cccc(S(N)(=O)=O)c2[N+](=O)[O-])nn1C1CCCCC1. The highest BCUT2D eigenvalue weighted by Crippen LogP contribution is 2.34. The van der Waals surface area contributed by atoms with Gasteiger partial charge in [-0.2, -0.15) is 5.10 Å². The number of nitrogens with zero attached hydrogens (tertiary/aromatic N) is 3. The fourth-order valence-corrected chi connectivity index (χ4v) is 4.15. The van der Waals surface area contributed by atoms with Gasteiger partial charge in [0.15, 0.2) is 10.7 Å². The molecule has 2 aromatic rings. The summed E-state index contributed by atoms with van der Waals surface area (Å²) in [6, 6.07) is 6.07. The standard InChI is InChI=1S/C16H21N5O4S/c1-11-10-15(19-20(11)12-6-3-2-4-7-12)18-13-8-5-9-14(26(17,24)25)16(13)21(22)23/h5,8-10,12H,2-4,6-7H2,1H3,(H,18,19)(H2,17,24,25). The van der Waals surface area contributed by atoms with Crippen molar-refractivity contribution < 1.29 is 13.3 Å². The van der Waals surface area contributed by atoms with Crippen LogP contribution in [-0.2, 0) is 10.0 Å². The molecule has 3 N–H and O–H groups in total. The third-order valence-corrected chi connectivity index (χ3v) is 5.54. The summed E-state index contributed by atoms with van der Waals surface area (Å²) in [5.74, 6) is 0.433. The molecule has 0 amide bonds. The first-order valence-electron chi connectivity index (χ1n) is 8.41. The number of hydrogen-bond acceptors (Lipinski definition) is 6. The van der Waals surface area contributed by atoms with Gasteiger partial charge < -0.3 is 5.32 Å². The van der Waals surface area contributed by atoms with E-state index in [0.717, 1.165) is 37.4 Å². The Morgan fingerprint density at radius 2 is 2.00 bits per heavy atom. The van der Waals surface area contributed by atoms with Crippen LogP contribution in [0, 0.1) is 17.0 Å². The highest BCUT2D eigenvalue weighted by molar-refractivity contribution is 7.89. The normalized spacial score (nSPS) is 15.8. The summed E-state index contributed by atoms with van der Waals surface area (Å²) < 4.78 is 25.2. The highest BCUT2D eigenvalue weighted by Gasteiger charge is 2.27. The molecule has 0 radical (unpaired) electrons. The van der Waals surface area contributed by atoms with Crippen LogP contribution in [-0.4, -0.2) is 23.1 Å². The van der Waals surface area contributed by atoms with Crippen molar-refractivity contribution in [1.29, 1.82) is 0 Å². The van der Waals surface area contributed by atoms with E-state index in [0.29, 0.717) is 11.9 Å². The lowest BCUT2D eigenvalue weighted by Crippen LogP contribution is -2.16. The van der Waals surface area contributed by atoms with Crippen LogP contribution in [0.25, 0.3) is 0 Å². The summed E-state index contributed by atoms with van der Waals surface area (Å²) >= 11 is 0. The van der Waals surface area contributed by atoms with E-state index in [1.807, 2.05) is 11.6 Å². The molecular weight excluding hydrogens is 358 g/mol. The lowest BCUT2D eigenvalue weighted by molar-refractivity contribution is -0.386. The van der Waals surface area contributed by atoms with E-state index in [9.17, 15) is 18.5 Å². The molecule has 1 aromatic heterocycles. The van der Waals surface area contributed by atoms with Crippen LogP contribution in [0.2, 0.25) is 0 Å². The number of hydrogen-bond donors (Lipinski definition) is 2. The Labute approximate surface area is 151 Å². The second-order valence-corrected chi connectivity index (χ2v) is 8.02. The van der Waals surface area contributed by atoms with Gasteiger partial charge >= 0.3 is 5.69 Å². The molecular formula is C16H21N5O4S. The first kappa shape index (κ1) is 18.3. The van der Waals surface area contributed by atoms with Gasteiger partial charge in [0, 0.05) is 11.8 Å². The zero-order valence-corrected chi connectivity index (χ0v) is 15.2. The average Bonchev–Trinajstić information content (AvgIpc) is 2.95. The van der Waals surface area contributed by atoms with E-state index in [1.165, 1.54) is 18.6 Å². The smallest absolute Gasteiger partial charge is 0.312 e. The third-order valence-electron chi connectivity index (χ3n) is 4.59. The van der Waals surface area contributed by atoms with Gasteiger partial charge in [0.2, 0.25) is 10.0 Å². The number of anilines is 2. The van der Waals surface area contributed by atoms with E-state index >= 15 is 0 Å². The maximum atomic E-state index is 11.7. The van der Waals surface area contributed by atoms with Crippen molar-refractivity contribution in [3.8, 4) is 0 Å². The number of nitrogens with two attached hydrogens (primary N) is 1. The molecule has 1 aliphatic rings. The van der Waals surface area contributed by atoms with Crippen molar-refractivity contribution in [3.05, 3.63) is 40.1 Å². The summed E-state index contributed by atoms with van der Waals surface area (Å²) in [5.41, 5.74) is 0.402. The molecule has 9 nitrogen and oxygen atoms in total. The van der Waals surface area contributed by atoms with E-state index in [2.05, 4.69) is 10.4 Å². The Kier molecular flexibility index (Phi) is 4.97. The van der Waals surface area contributed by atoms with Crippen LogP contribution in [0.15, 0.2) is 29.2 Å². The van der Waals surface area contributed by atoms with E-state index in [1.54, 1.807) is 6.07 Å². The van der Waals surface area contributed by atoms with Crippen LogP contribution < -0.4 is 10.5 Å². The molecule has 1 heterocycles. The molecule has 26 heavy (non-hydrogen) atoms. The maximum absolute atomic E-state index is 11.7. The van der Waals surface area contributed by atoms with Gasteiger partial charge in [-0.25, -0.2) is 13.6 Å². The zero-order valence-electron chi connectivity index (χ0n) is 14.4. The van der Waals surface area contributed by atoms with Crippen LogP contribution >= 0.6 is 0 Å². The molecule has 140 valence electrons. The number of nitro groups is 1. The van der Waals surface area contributed by atoms with Crippen molar-refractivity contribution in [1.82, 2.24) is 9.78 Å². The molecule has 0 saturated heterocycles. The number of para-hydroxylation sites is 1. The molecule has 0 unspecified atom stereocenters. The fraction of sp³-hybridized carbons (Fsp3) is 0.438. The van der Waals surface area contributed by atoms with Crippen LogP contribution in [0.1, 0.15) is 43.8 Å². The predicted octanol–water partition coefficient (Wildman–Crippen LogP) is 3.00. The Morgan fingerprint density at radius 3 is 2.62 bits per heavy atom. The van der Waals surface area contributed by atoms with Gasteiger partial charge in [0.05, 0.1) is 11.0 Å². The van der Waals surface area contributed by atoms with Crippen molar-refractivity contribution >= 4 is 27.2 Å². The first-order valence-corrected chi connectivity index (χ1v) is 9.95. The number of aromatic nitrogens is 2. The predicted molar refractivity (Wildman–Crippen MR) is 96.8 cm³/mol. The number of aryl methyl sites for hydroxylation is 1. The Balaban J connectivity index is 1.96. The second kappa shape index (κ2) is 7.04. The number of benzene rings is 1. The summed E-state index contributed by atoms with van der Waals surface area (Å²) in [7, 11) is -4.22. The molecule has 1 aliphatic carbocycles. The number of primary sulfonamides is 1. The van der Waals surface area contributed by atoms with Crippen LogP contribution in [0.3, 0.4) is 0 Å². The lowest BCUT2D eigenvalue weighted by Gasteiger charge is -2.23. The van der Waals surface area contributed by atoms with Crippen LogP contribution in [0.4, 0.5) is 17.2 Å². The molecule has 1 aromatic carbocycles. The molecule has 3 rings (SSSR count). The first-order chi connectivity index (χ1) is 12.3. The molecule has 10 heteroatoms. The second-order valence-electron chi connectivity index (χ2n) is 6.49. The van der Waals surface area contributed by atoms with Crippen molar-refractivity contribution in [3.63, 3.8) is 0 Å². The number of nitro benzene ring substituents is 1. The van der Waals surface area contributed by atoms with E-state index < -0.39 is 25.5 Å². The number of sulfonamides is 1. The molecule has 1 fully saturated rings. The molecule has 1 saturated carbocycles. The minimum atomic E-state index is -4.22. The van der Waals surface area contributed by atoms with E-state index in [4.69, 9.17) is 5.14 Å². The Morgan fingerprint density at radius 1 is 1.31 bits per heavy atom. The lowest BCUT2D eigenvalue weighted by atomic mass is 9.95. The van der Waals surface area contributed by atoms with Gasteiger partial charge in [-0.15, -0.1) is 0 Å². The summed E-state index contributed by atoms with van der Waals surface area (Å²) in [4.78, 5) is 10.1. The summed E-state index contributed by atoms with van der Waals surface area (Å²) in [6.45, 7) is 1.93. The number of nitrogens with one attached hydrogen (secondary N) is 1. The van der Waals surface area contributed by atoms with Gasteiger partial charge in [0.25, 0.3) is 0 Å². The summed E-state index contributed by atoms with van der Waals surface area (Å²) in [5, 5.41) is 23.9. The molecule has 0 aliphatic heterocycles. The molecule has 0 bridgehead atoms. The maximum Gasteiger partial charge on any atom is 0.312 e. The summed E-state index contributed by atoms with van der Waals surface area (Å²) in [6.07, 6.45) is 5.67. The topological polar surface area (TPSA) is 133 Å². The average molecular weight is 379 g/mol. The minimum Gasteiger partial charge on any atom is -0.333 e. The minimum absolute atomic E-state index is 0.0369. The Hall–Kier alpha value is -2.46. The molecule has 0 spiro atoms. The highest BCUT2D eigenvalue weighted by atomic mass is 32.2. The van der Waals surface area contributed by atoms with Gasteiger partial charge in [-0.05, 0) is 31.9 Å². The van der Waals surface area contributed by atoms with Gasteiger partial charge in [0.1, 0.15) is 5.69 Å². The third kappa shape index (κ3) is 3.70. The van der Waals surface area contributed by atoms with Crippen molar-refractivity contribution in [2.45, 2.75) is 50.0 Å². The monoisotopic (exact) mass is 379 g/mol. The van der Waals surface area contributed by atoms with Crippen molar-refractivity contribution in [2.24, 2.45) is 5.14 Å². The molecule has 0 atom stereocenters. The number of rotatable bonds is 5. The fourth-order valence-electron chi connectivity index (χ4n) is 3.42. The largest absolute Gasteiger partial charge is 0.333 e. The van der Waals surface area contributed by atoms with Gasteiger partial charge in [-0.1, -0.05) is 25.3 Å². The zero-order chi connectivity index (χ0) is 18.9. The van der Waals surface area contributed by atoms with Crippen LogP contribution in [0.5, 0.6) is 0 Å².